The molecule has 3 heterocycles. The highest BCUT2D eigenvalue weighted by atomic mass is 32.2. The maximum absolute atomic E-state index is 13.9. The van der Waals surface area contributed by atoms with Gasteiger partial charge in [-0.1, -0.05) is 23.5 Å². The van der Waals surface area contributed by atoms with Gasteiger partial charge in [0.1, 0.15) is 5.82 Å². The second-order valence-corrected chi connectivity index (χ2v) is 11.1. The molecule has 1 aliphatic rings. The summed E-state index contributed by atoms with van der Waals surface area (Å²) < 4.78 is 23.0. The van der Waals surface area contributed by atoms with Crippen molar-refractivity contribution in [2.45, 2.75) is 38.6 Å². The first kappa shape index (κ1) is 26.9. The number of thiazole rings is 1. The van der Waals surface area contributed by atoms with Crippen LogP contribution in [0.5, 0.6) is 0 Å². The van der Waals surface area contributed by atoms with Crippen molar-refractivity contribution in [2.75, 3.05) is 12.9 Å². The SMILES string of the molecule is CCOC(=O)C1=C(C)N=c2sc(=Cc3cc(C)n(-c4ccc(F)cc4)c3C)c(=O)n2[C@@H]1c1ccc(SC)cc1. The first-order chi connectivity index (χ1) is 18.7. The summed E-state index contributed by atoms with van der Waals surface area (Å²) in [6.45, 7) is 7.71. The Morgan fingerprint density at radius 1 is 1.13 bits per heavy atom. The second kappa shape index (κ2) is 10.8. The van der Waals surface area contributed by atoms with Crippen LogP contribution >= 0.6 is 23.1 Å². The number of hydrogen-bond donors (Lipinski definition) is 0. The van der Waals surface area contributed by atoms with Gasteiger partial charge in [-0.15, -0.1) is 11.8 Å². The van der Waals surface area contributed by atoms with Gasteiger partial charge >= 0.3 is 5.97 Å². The Labute approximate surface area is 233 Å². The Kier molecular flexibility index (Phi) is 7.46. The lowest BCUT2D eigenvalue weighted by Crippen LogP contribution is -2.39. The van der Waals surface area contributed by atoms with Crippen LogP contribution in [-0.2, 0) is 9.53 Å². The van der Waals surface area contributed by atoms with Gasteiger partial charge in [-0.05, 0) is 93.6 Å². The van der Waals surface area contributed by atoms with Crippen LogP contribution in [0.1, 0.15) is 42.4 Å². The summed E-state index contributed by atoms with van der Waals surface area (Å²) in [5, 5.41) is 0. The summed E-state index contributed by atoms with van der Waals surface area (Å²) in [6, 6.07) is 15.5. The smallest absolute Gasteiger partial charge is 0.338 e. The predicted molar refractivity (Wildman–Crippen MR) is 154 cm³/mol. The number of aryl methyl sites for hydroxylation is 1. The van der Waals surface area contributed by atoms with Crippen molar-refractivity contribution in [1.29, 1.82) is 0 Å². The molecule has 9 heteroatoms. The van der Waals surface area contributed by atoms with Crippen molar-refractivity contribution >= 4 is 35.1 Å². The number of nitrogens with zero attached hydrogens (tertiary/aromatic N) is 3. The van der Waals surface area contributed by atoms with E-state index >= 15 is 0 Å². The van der Waals surface area contributed by atoms with Crippen LogP contribution in [0.15, 0.2) is 80.5 Å². The van der Waals surface area contributed by atoms with Crippen LogP contribution in [0.4, 0.5) is 4.39 Å². The molecule has 0 saturated heterocycles. The molecule has 2 aromatic carbocycles. The van der Waals surface area contributed by atoms with E-state index in [1.807, 2.05) is 61.1 Å². The minimum absolute atomic E-state index is 0.224. The average Bonchev–Trinajstić information content (AvgIpc) is 3.38. The summed E-state index contributed by atoms with van der Waals surface area (Å²) in [7, 11) is 0. The lowest BCUT2D eigenvalue weighted by Gasteiger charge is -2.24. The molecule has 0 fully saturated rings. The summed E-state index contributed by atoms with van der Waals surface area (Å²) in [6.07, 6.45) is 3.86. The molecular weight excluding hydrogens is 533 g/mol. The lowest BCUT2D eigenvalue weighted by molar-refractivity contribution is -0.139. The van der Waals surface area contributed by atoms with E-state index in [-0.39, 0.29) is 18.0 Å². The van der Waals surface area contributed by atoms with Gasteiger partial charge in [0, 0.05) is 22.0 Å². The van der Waals surface area contributed by atoms with E-state index in [1.54, 1.807) is 42.3 Å². The van der Waals surface area contributed by atoms with Crippen LogP contribution in [-0.4, -0.2) is 28.0 Å². The number of rotatable bonds is 6. The van der Waals surface area contributed by atoms with Gasteiger partial charge in [-0.2, -0.15) is 0 Å². The molecule has 2 aromatic heterocycles. The third-order valence-corrected chi connectivity index (χ3v) is 8.52. The van der Waals surface area contributed by atoms with Crippen molar-refractivity contribution in [1.82, 2.24) is 9.13 Å². The molecule has 0 aliphatic carbocycles. The molecule has 0 amide bonds. The number of aromatic nitrogens is 2. The molecular formula is C30H28FN3O3S2. The number of ether oxygens (including phenoxy) is 1. The number of esters is 1. The number of halogens is 1. The van der Waals surface area contributed by atoms with Gasteiger partial charge < -0.3 is 9.30 Å². The Morgan fingerprint density at radius 2 is 1.82 bits per heavy atom. The van der Waals surface area contributed by atoms with Gasteiger partial charge in [0.25, 0.3) is 5.56 Å². The number of hydrogen-bond acceptors (Lipinski definition) is 6. The van der Waals surface area contributed by atoms with Crippen LogP contribution in [0, 0.1) is 19.7 Å². The maximum Gasteiger partial charge on any atom is 0.338 e. The fourth-order valence-electron chi connectivity index (χ4n) is 4.96. The summed E-state index contributed by atoms with van der Waals surface area (Å²) in [5.41, 5.74) is 5.10. The molecule has 1 atom stereocenters. The number of thioether (sulfide) groups is 1. The molecule has 0 radical (unpaired) electrons. The number of benzene rings is 2. The lowest BCUT2D eigenvalue weighted by atomic mass is 9.96. The normalized spacial score (nSPS) is 15.3. The summed E-state index contributed by atoms with van der Waals surface area (Å²) in [4.78, 5) is 33.3. The van der Waals surface area contributed by atoms with E-state index in [9.17, 15) is 14.0 Å². The van der Waals surface area contributed by atoms with Crippen LogP contribution in [0.25, 0.3) is 11.8 Å². The third-order valence-electron chi connectivity index (χ3n) is 6.79. The summed E-state index contributed by atoms with van der Waals surface area (Å²) in [5.74, 6) is -0.771. The van der Waals surface area contributed by atoms with Gasteiger partial charge in [0.2, 0.25) is 0 Å². The zero-order chi connectivity index (χ0) is 27.8. The number of carbonyl (C=O) groups excluding carboxylic acids is 1. The van der Waals surface area contributed by atoms with Crippen LogP contribution in [0.2, 0.25) is 0 Å². The van der Waals surface area contributed by atoms with Gasteiger partial charge in [-0.25, -0.2) is 14.2 Å². The van der Waals surface area contributed by atoms with E-state index in [0.29, 0.717) is 20.6 Å². The molecule has 6 nitrogen and oxygen atoms in total. The Morgan fingerprint density at radius 3 is 2.46 bits per heavy atom. The number of allylic oxidation sites excluding steroid dienone is 1. The number of fused-ring (bicyclic) bond motifs is 1. The van der Waals surface area contributed by atoms with Crippen molar-refractivity contribution in [2.24, 2.45) is 4.99 Å². The van der Waals surface area contributed by atoms with Gasteiger partial charge in [-0.3, -0.25) is 9.36 Å². The van der Waals surface area contributed by atoms with E-state index in [2.05, 4.69) is 4.99 Å². The second-order valence-electron chi connectivity index (χ2n) is 9.21. The van der Waals surface area contributed by atoms with E-state index < -0.39 is 12.0 Å². The first-order valence-electron chi connectivity index (χ1n) is 12.5. The van der Waals surface area contributed by atoms with Crippen molar-refractivity contribution in [3.8, 4) is 5.69 Å². The topological polar surface area (TPSA) is 65.6 Å². The van der Waals surface area contributed by atoms with Crippen molar-refractivity contribution in [3.05, 3.63) is 114 Å². The Hall–Kier alpha value is -3.69. The average molecular weight is 562 g/mol. The van der Waals surface area contributed by atoms with Gasteiger partial charge in [0.05, 0.1) is 28.5 Å². The molecule has 0 spiro atoms. The molecule has 200 valence electrons. The van der Waals surface area contributed by atoms with E-state index in [4.69, 9.17) is 4.74 Å². The quantitative estimate of drug-likeness (QED) is 0.244. The van der Waals surface area contributed by atoms with Gasteiger partial charge in [0.15, 0.2) is 4.80 Å². The molecule has 0 bridgehead atoms. The Bertz CT molecular complexity index is 1780. The standard InChI is InChI=1S/C30H28FN3O3S2/c1-6-37-29(36)26-18(3)32-30-34(27(26)20-7-13-24(38-5)14-8-20)28(35)25(39-30)16-21-15-17(2)33(19(21)4)23-11-9-22(31)10-12-23/h7-16,27H,6H2,1-5H3/t27-/m1/s1. The van der Waals surface area contributed by atoms with Crippen LogP contribution in [0.3, 0.4) is 0 Å². The monoisotopic (exact) mass is 561 g/mol. The van der Waals surface area contributed by atoms with Crippen molar-refractivity contribution < 1.29 is 13.9 Å². The molecule has 4 aromatic rings. The highest BCUT2D eigenvalue weighted by molar-refractivity contribution is 7.98. The third kappa shape index (κ3) is 4.92. The number of carbonyl (C=O) groups is 1. The largest absolute Gasteiger partial charge is 0.463 e. The zero-order valence-electron chi connectivity index (χ0n) is 22.3. The highest BCUT2D eigenvalue weighted by Gasteiger charge is 2.33. The minimum Gasteiger partial charge on any atom is -0.463 e. The fraction of sp³-hybridized carbons (Fsp3) is 0.233. The molecule has 0 unspecified atom stereocenters. The molecule has 0 N–H and O–H groups in total. The van der Waals surface area contributed by atoms with Crippen molar-refractivity contribution in [3.63, 3.8) is 0 Å². The van der Waals surface area contributed by atoms with E-state index in [0.717, 1.165) is 33.1 Å². The Balaban J connectivity index is 1.68. The molecule has 0 saturated carbocycles. The van der Waals surface area contributed by atoms with Crippen LogP contribution < -0.4 is 14.9 Å². The minimum atomic E-state index is -0.648. The van der Waals surface area contributed by atoms with E-state index in [1.165, 1.54) is 23.5 Å². The molecule has 39 heavy (non-hydrogen) atoms. The fourth-order valence-corrected chi connectivity index (χ4v) is 6.40. The summed E-state index contributed by atoms with van der Waals surface area (Å²) >= 11 is 2.92. The first-order valence-corrected chi connectivity index (χ1v) is 14.6. The highest BCUT2D eigenvalue weighted by Crippen LogP contribution is 2.31. The molecule has 1 aliphatic heterocycles. The zero-order valence-corrected chi connectivity index (χ0v) is 24.0. The molecule has 5 rings (SSSR count). The maximum atomic E-state index is 13.9. The predicted octanol–water partition coefficient (Wildman–Crippen LogP) is 5.07.